The Morgan fingerprint density at radius 1 is 1.28 bits per heavy atom. The molecule has 0 radical (unpaired) electrons. The number of aliphatic hydroxyl groups is 1. The Hall–Kier alpha value is -0.890. The van der Waals surface area contributed by atoms with Crippen molar-refractivity contribution in [1.82, 2.24) is 0 Å². The maximum atomic E-state index is 13.2. The summed E-state index contributed by atoms with van der Waals surface area (Å²) in [4.78, 5) is 0. The van der Waals surface area contributed by atoms with Crippen LogP contribution in [0.5, 0.6) is 0 Å². The number of hydrogen-bond donors (Lipinski definition) is 1. The van der Waals surface area contributed by atoms with Crippen molar-refractivity contribution in [1.29, 1.82) is 0 Å². The van der Waals surface area contributed by atoms with E-state index in [9.17, 15) is 9.50 Å². The van der Waals surface area contributed by atoms with Crippen LogP contribution in [0.3, 0.4) is 0 Å². The summed E-state index contributed by atoms with van der Waals surface area (Å²) in [7, 11) is 0. The first-order chi connectivity index (χ1) is 8.56. The van der Waals surface area contributed by atoms with Crippen molar-refractivity contribution in [3.05, 3.63) is 35.1 Å². The van der Waals surface area contributed by atoms with Crippen LogP contribution in [0, 0.1) is 24.6 Å². The summed E-state index contributed by atoms with van der Waals surface area (Å²) in [5.41, 5.74) is 2.01. The van der Waals surface area contributed by atoms with Crippen molar-refractivity contribution in [2.75, 3.05) is 0 Å². The van der Waals surface area contributed by atoms with Gasteiger partial charge in [-0.15, -0.1) is 0 Å². The normalized spacial score (nSPS) is 26.0. The van der Waals surface area contributed by atoms with Crippen LogP contribution in [0.25, 0.3) is 0 Å². The van der Waals surface area contributed by atoms with Crippen molar-refractivity contribution < 1.29 is 9.50 Å². The maximum Gasteiger partial charge on any atom is 0.123 e. The average molecular weight is 250 g/mol. The molecule has 18 heavy (non-hydrogen) atoms. The fourth-order valence-electron chi connectivity index (χ4n) is 2.92. The molecule has 0 aliphatic heterocycles. The molecule has 1 aromatic carbocycles. The van der Waals surface area contributed by atoms with Gasteiger partial charge in [-0.25, -0.2) is 4.39 Å². The van der Waals surface area contributed by atoms with Gasteiger partial charge in [0, 0.05) is 0 Å². The molecule has 0 bridgehead atoms. The smallest absolute Gasteiger partial charge is 0.123 e. The van der Waals surface area contributed by atoms with Gasteiger partial charge >= 0.3 is 0 Å². The van der Waals surface area contributed by atoms with Crippen molar-refractivity contribution in [3.63, 3.8) is 0 Å². The molecule has 1 nitrogen and oxygen atoms in total. The van der Waals surface area contributed by atoms with E-state index in [2.05, 4.69) is 6.92 Å². The van der Waals surface area contributed by atoms with E-state index < -0.39 is 0 Å². The molecule has 0 aromatic heterocycles. The lowest BCUT2D eigenvalue weighted by atomic mass is 9.78. The molecular formula is C16H23FO. The summed E-state index contributed by atoms with van der Waals surface area (Å²) in [5, 5.41) is 10.3. The van der Waals surface area contributed by atoms with E-state index in [0.717, 1.165) is 29.9 Å². The van der Waals surface area contributed by atoms with Crippen LogP contribution in [0.2, 0.25) is 0 Å². The van der Waals surface area contributed by atoms with Gasteiger partial charge in [0.2, 0.25) is 0 Å². The fourth-order valence-corrected chi connectivity index (χ4v) is 2.92. The fraction of sp³-hybridized carbons (Fsp3) is 0.625. The van der Waals surface area contributed by atoms with E-state index in [1.54, 1.807) is 12.1 Å². The number of rotatable bonds is 3. The zero-order valence-corrected chi connectivity index (χ0v) is 11.3. The maximum absolute atomic E-state index is 13.2. The topological polar surface area (TPSA) is 20.2 Å². The molecule has 100 valence electrons. The van der Waals surface area contributed by atoms with Crippen LogP contribution in [0.4, 0.5) is 4.39 Å². The minimum atomic E-state index is -0.321. The van der Waals surface area contributed by atoms with Gasteiger partial charge in [0.25, 0.3) is 0 Å². The molecule has 1 unspecified atom stereocenters. The van der Waals surface area contributed by atoms with Crippen LogP contribution < -0.4 is 0 Å². The third kappa shape index (κ3) is 3.32. The second-order valence-corrected chi connectivity index (χ2v) is 5.86. The van der Waals surface area contributed by atoms with Crippen LogP contribution in [0.1, 0.15) is 43.7 Å². The number of halogens is 1. The Kier molecular flexibility index (Phi) is 4.39. The van der Waals surface area contributed by atoms with Gasteiger partial charge in [0.05, 0.1) is 6.10 Å². The monoisotopic (exact) mass is 250 g/mol. The van der Waals surface area contributed by atoms with Crippen LogP contribution in [0.15, 0.2) is 18.2 Å². The molecule has 1 N–H and O–H groups in total. The first-order valence-corrected chi connectivity index (χ1v) is 6.99. The van der Waals surface area contributed by atoms with Gasteiger partial charge in [0.15, 0.2) is 0 Å². The standard InChI is InChI=1S/C16H23FO/c1-11-3-6-13(7-4-11)16(18)10-14-9-15(17)8-5-12(14)2/h5,8-9,11,13,16,18H,3-4,6-7,10H2,1-2H3. The average Bonchev–Trinajstić information content (AvgIpc) is 2.34. The zero-order chi connectivity index (χ0) is 13.1. The Morgan fingerprint density at radius 2 is 1.94 bits per heavy atom. The summed E-state index contributed by atoms with van der Waals surface area (Å²) in [5.74, 6) is 0.980. The highest BCUT2D eigenvalue weighted by Crippen LogP contribution is 2.31. The van der Waals surface area contributed by atoms with Crippen molar-refractivity contribution >= 4 is 0 Å². The number of hydrogen-bond acceptors (Lipinski definition) is 1. The zero-order valence-electron chi connectivity index (χ0n) is 11.3. The molecule has 1 aromatic rings. The van der Waals surface area contributed by atoms with E-state index in [1.807, 2.05) is 6.92 Å². The van der Waals surface area contributed by atoms with Gasteiger partial charge in [-0.2, -0.15) is 0 Å². The van der Waals surface area contributed by atoms with Gasteiger partial charge in [-0.05, 0) is 61.3 Å². The van der Waals surface area contributed by atoms with Crippen molar-refractivity contribution in [3.8, 4) is 0 Å². The molecule has 0 heterocycles. The molecule has 1 aliphatic carbocycles. The minimum Gasteiger partial charge on any atom is -0.392 e. The van der Waals surface area contributed by atoms with Gasteiger partial charge in [-0.3, -0.25) is 0 Å². The number of benzene rings is 1. The Balaban J connectivity index is 1.98. The molecular weight excluding hydrogens is 227 g/mol. The Morgan fingerprint density at radius 3 is 2.61 bits per heavy atom. The summed E-state index contributed by atoms with van der Waals surface area (Å²) in [6, 6.07) is 4.83. The lowest BCUT2D eigenvalue weighted by molar-refractivity contribution is 0.0759. The Labute approximate surface area is 109 Å². The third-order valence-corrected chi connectivity index (χ3v) is 4.34. The lowest BCUT2D eigenvalue weighted by Crippen LogP contribution is -2.27. The van der Waals surface area contributed by atoms with E-state index in [-0.39, 0.29) is 11.9 Å². The molecule has 0 amide bonds. The first-order valence-electron chi connectivity index (χ1n) is 6.99. The van der Waals surface area contributed by atoms with E-state index in [0.29, 0.717) is 12.3 Å². The van der Waals surface area contributed by atoms with E-state index in [1.165, 1.54) is 18.9 Å². The van der Waals surface area contributed by atoms with Crippen molar-refractivity contribution in [2.45, 2.75) is 52.1 Å². The highest BCUT2D eigenvalue weighted by molar-refractivity contribution is 5.27. The highest BCUT2D eigenvalue weighted by Gasteiger charge is 2.25. The van der Waals surface area contributed by atoms with Crippen LogP contribution in [-0.2, 0) is 6.42 Å². The van der Waals surface area contributed by atoms with Crippen molar-refractivity contribution in [2.24, 2.45) is 11.8 Å². The van der Waals surface area contributed by atoms with Crippen LogP contribution >= 0.6 is 0 Å². The molecule has 1 saturated carbocycles. The summed E-state index contributed by atoms with van der Waals surface area (Å²) >= 11 is 0. The highest BCUT2D eigenvalue weighted by atomic mass is 19.1. The quantitative estimate of drug-likeness (QED) is 0.863. The predicted molar refractivity (Wildman–Crippen MR) is 72.0 cm³/mol. The SMILES string of the molecule is Cc1ccc(F)cc1CC(O)C1CCC(C)CC1. The molecule has 2 heteroatoms. The second kappa shape index (κ2) is 5.83. The second-order valence-electron chi connectivity index (χ2n) is 5.86. The van der Waals surface area contributed by atoms with E-state index in [4.69, 9.17) is 0 Å². The van der Waals surface area contributed by atoms with Gasteiger partial charge < -0.3 is 5.11 Å². The molecule has 0 saturated heterocycles. The summed E-state index contributed by atoms with van der Waals surface area (Å²) in [6.07, 6.45) is 4.90. The third-order valence-electron chi connectivity index (χ3n) is 4.34. The van der Waals surface area contributed by atoms with E-state index >= 15 is 0 Å². The first kappa shape index (κ1) is 13.5. The minimum absolute atomic E-state index is 0.208. The van der Waals surface area contributed by atoms with Crippen LogP contribution in [-0.4, -0.2) is 11.2 Å². The summed E-state index contributed by atoms with van der Waals surface area (Å²) in [6.45, 7) is 4.25. The van der Waals surface area contributed by atoms with Gasteiger partial charge in [-0.1, -0.05) is 25.8 Å². The number of aryl methyl sites for hydroxylation is 1. The number of aliphatic hydroxyl groups excluding tert-OH is 1. The Bertz CT molecular complexity index is 394. The molecule has 1 atom stereocenters. The molecule has 0 spiro atoms. The molecule has 1 fully saturated rings. The predicted octanol–water partition coefficient (Wildman–Crippen LogP) is 3.86. The largest absolute Gasteiger partial charge is 0.392 e. The molecule has 1 aliphatic rings. The summed E-state index contributed by atoms with van der Waals surface area (Å²) < 4.78 is 13.2. The molecule has 2 rings (SSSR count). The van der Waals surface area contributed by atoms with Gasteiger partial charge in [0.1, 0.15) is 5.82 Å². The lowest BCUT2D eigenvalue weighted by Gasteiger charge is -2.30.